The lowest BCUT2D eigenvalue weighted by Gasteiger charge is -2.33. The maximum atomic E-state index is 6.31. The number of fused-ring (bicyclic) bond motifs is 2. The lowest BCUT2D eigenvalue weighted by Crippen LogP contribution is -2.32. The Morgan fingerprint density at radius 3 is 1.73 bits per heavy atom. The van der Waals surface area contributed by atoms with Gasteiger partial charge in [-0.2, -0.15) is 0 Å². The predicted molar refractivity (Wildman–Crippen MR) is 181 cm³/mol. The number of hydrogen-bond acceptors (Lipinski definition) is 1. The van der Waals surface area contributed by atoms with Crippen LogP contribution < -0.4 is 0 Å². The van der Waals surface area contributed by atoms with Crippen LogP contribution in [0.1, 0.15) is 94.9 Å². The Kier molecular flexibility index (Phi) is 11.0. The summed E-state index contributed by atoms with van der Waals surface area (Å²) in [7, 11) is 0. The van der Waals surface area contributed by atoms with Crippen molar-refractivity contribution in [2.24, 2.45) is 10.8 Å². The van der Waals surface area contributed by atoms with E-state index in [1.165, 1.54) is 58.3 Å². The van der Waals surface area contributed by atoms with Crippen LogP contribution in [0.4, 0.5) is 0 Å². The van der Waals surface area contributed by atoms with Crippen molar-refractivity contribution in [3.63, 3.8) is 0 Å². The molecule has 2 bridgehead atoms. The zero-order valence-electron chi connectivity index (χ0n) is 27.5. The summed E-state index contributed by atoms with van der Waals surface area (Å²) in [6, 6.07) is 0. The molecule has 2 heterocycles. The molecule has 2 atom stereocenters. The molecule has 1 heteroatoms. The normalized spacial score (nSPS) is 29.4. The molecule has 3 aliphatic rings. The molecule has 0 aromatic carbocycles. The van der Waals surface area contributed by atoms with Crippen LogP contribution in [-0.2, 0) is 4.74 Å². The van der Waals surface area contributed by atoms with Gasteiger partial charge in [0.05, 0.1) is 11.7 Å². The van der Waals surface area contributed by atoms with Gasteiger partial charge in [-0.1, -0.05) is 147 Å². The first-order valence-electron chi connectivity index (χ1n) is 15.4. The summed E-state index contributed by atoms with van der Waals surface area (Å²) in [5.41, 5.74) is 9.56. The van der Waals surface area contributed by atoms with E-state index < -0.39 is 0 Å². The average Bonchev–Trinajstić information content (AvgIpc) is 3.36. The van der Waals surface area contributed by atoms with Crippen LogP contribution >= 0.6 is 0 Å². The fraction of sp³-hybridized carbons (Fsp3) is 0.450. The lowest BCUT2D eigenvalue weighted by atomic mass is 9.68. The van der Waals surface area contributed by atoms with E-state index in [0.717, 1.165) is 6.42 Å². The number of ether oxygens (including phenoxy) is 1. The Bertz CT molecular complexity index is 1300. The van der Waals surface area contributed by atoms with Gasteiger partial charge in [0.15, 0.2) is 0 Å². The van der Waals surface area contributed by atoms with Gasteiger partial charge in [-0.15, -0.1) is 0 Å². The molecule has 0 spiro atoms. The highest BCUT2D eigenvalue weighted by Gasteiger charge is 2.56. The van der Waals surface area contributed by atoms with Gasteiger partial charge in [0.1, 0.15) is 0 Å². The number of hydrogen-bond donors (Lipinski definition) is 0. The summed E-state index contributed by atoms with van der Waals surface area (Å²) in [5, 5.41) is 0. The molecule has 3 rings (SSSR count). The Morgan fingerprint density at radius 2 is 1.22 bits per heavy atom. The van der Waals surface area contributed by atoms with Gasteiger partial charge in [-0.05, 0) is 83.8 Å². The minimum atomic E-state index is -0.0790. The van der Waals surface area contributed by atoms with E-state index in [4.69, 9.17) is 4.74 Å². The Balaban J connectivity index is 1.50. The molecule has 41 heavy (non-hydrogen) atoms. The first kappa shape index (κ1) is 32.6. The van der Waals surface area contributed by atoms with E-state index in [0.29, 0.717) is 6.10 Å². The topological polar surface area (TPSA) is 9.23 Å². The van der Waals surface area contributed by atoms with E-state index in [9.17, 15) is 0 Å². The highest BCUT2D eigenvalue weighted by molar-refractivity contribution is 5.41. The van der Waals surface area contributed by atoms with Gasteiger partial charge in [-0.25, -0.2) is 0 Å². The molecule has 2 saturated heterocycles. The Labute approximate surface area is 251 Å². The molecule has 0 amide bonds. The summed E-state index contributed by atoms with van der Waals surface area (Å²) < 4.78 is 6.31. The average molecular weight is 551 g/mol. The second-order valence-electron chi connectivity index (χ2n) is 13.6. The molecule has 1 nitrogen and oxygen atoms in total. The second-order valence-corrected chi connectivity index (χ2v) is 13.6. The van der Waals surface area contributed by atoms with E-state index in [1.54, 1.807) is 0 Å². The van der Waals surface area contributed by atoms with Crippen molar-refractivity contribution in [2.75, 3.05) is 0 Å². The van der Waals surface area contributed by atoms with Gasteiger partial charge in [0.25, 0.3) is 0 Å². The van der Waals surface area contributed by atoms with Gasteiger partial charge < -0.3 is 4.74 Å². The van der Waals surface area contributed by atoms with Crippen LogP contribution in [0.2, 0.25) is 0 Å². The van der Waals surface area contributed by atoms with E-state index in [2.05, 4.69) is 160 Å². The highest BCUT2D eigenvalue weighted by Crippen LogP contribution is 2.57. The van der Waals surface area contributed by atoms with E-state index >= 15 is 0 Å². The lowest BCUT2D eigenvalue weighted by molar-refractivity contribution is 0.0232. The smallest absolute Gasteiger partial charge is 0.0877 e. The van der Waals surface area contributed by atoms with Gasteiger partial charge >= 0.3 is 0 Å². The predicted octanol–water partition coefficient (Wildman–Crippen LogP) is 11.6. The SMILES string of the molecule is CC1=CCCC(C)(C)\C1=C/C=C(C)/C=C/C=C(C)/C=C/C=C/C(C)=C/C=C/C(C)=C/C=C1/C(C)(C)[C@@H]2CC[C@@]1(C)O2. The third-order valence-corrected chi connectivity index (χ3v) is 9.02. The van der Waals surface area contributed by atoms with Gasteiger partial charge in [-0.3, -0.25) is 0 Å². The first-order valence-corrected chi connectivity index (χ1v) is 15.4. The molecule has 0 N–H and O–H groups in total. The standard InChI is InChI=1S/C40H54O/c1-30(18-13-20-32(3)23-25-35-34(5)22-15-28-38(35,6)7)16-11-12-17-31(2)19-14-21-33(4)24-26-36-39(8,9)37-27-29-40(36,10)41-37/h11-14,16-26,37H,15,27-29H2,1-10H3/b16-11+,17-12+,20-13+,21-14+,30-18+,31-19+,32-23+,33-24+,35-25-,36-26-/t37-,40+/m0/s1. The van der Waals surface area contributed by atoms with Crippen LogP contribution in [0.3, 0.4) is 0 Å². The van der Waals surface area contributed by atoms with Crippen LogP contribution in [-0.4, -0.2) is 11.7 Å². The van der Waals surface area contributed by atoms with E-state index in [1.807, 2.05) is 0 Å². The van der Waals surface area contributed by atoms with Crippen LogP contribution in [0.25, 0.3) is 0 Å². The third-order valence-electron chi connectivity index (χ3n) is 9.02. The molecule has 0 aromatic rings. The van der Waals surface area contributed by atoms with Crippen molar-refractivity contribution in [1.82, 2.24) is 0 Å². The molecular formula is C40H54O. The Morgan fingerprint density at radius 1 is 0.707 bits per heavy atom. The summed E-state index contributed by atoms with van der Waals surface area (Å²) >= 11 is 0. The fourth-order valence-corrected chi connectivity index (χ4v) is 6.35. The summed E-state index contributed by atoms with van der Waals surface area (Å²) in [4.78, 5) is 0. The zero-order valence-corrected chi connectivity index (χ0v) is 27.5. The monoisotopic (exact) mass is 550 g/mol. The quantitative estimate of drug-likeness (QED) is 0.259. The maximum Gasteiger partial charge on any atom is 0.0877 e. The zero-order chi connectivity index (χ0) is 30.3. The van der Waals surface area contributed by atoms with Crippen molar-refractivity contribution in [2.45, 2.75) is 107 Å². The highest BCUT2D eigenvalue weighted by atomic mass is 16.5. The van der Waals surface area contributed by atoms with Crippen molar-refractivity contribution in [3.8, 4) is 0 Å². The minimum Gasteiger partial charge on any atom is -0.367 e. The summed E-state index contributed by atoms with van der Waals surface area (Å²) in [5.74, 6) is 0. The molecular weight excluding hydrogens is 496 g/mol. The molecule has 0 saturated carbocycles. The molecule has 0 aromatic heterocycles. The van der Waals surface area contributed by atoms with Crippen molar-refractivity contribution in [1.29, 1.82) is 0 Å². The molecule has 220 valence electrons. The van der Waals surface area contributed by atoms with Gasteiger partial charge in [0.2, 0.25) is 0 Å². The van der Waals surface area contributed by atoms with Crippen molar-refractivity contribution >= 4 is 0 Å². The number of rotatable bonds is 9. The molecule has 2 fully saturated rings. The molecule has 1 aliphatic carbocycles. The second kappa shape index (κ2) is 13.8. The Hall–Kier alpha value is -2.90. The molecule has 2 aliphatic heterocycles. The van der Waals surface area contributed by atoms with Crippen molar-refractivity contribution in [3.05, 3.63) is 130 Å². The van der Waals surface area contributed by atoms with Gasteiger partial charge in [0, 0.05) is 5.41 Å². The summed E-state index contributed by atoms with van der Waals surface area (Å²) in [6.07, 6.45) is 38.0. The van der Waals surface area contributed by atoms with Crippen molar-refractivity contribution < 1.29 is 4.74 Å². The largest absolute Gasteiger partial charge is 0.367 e. The van der Waals surface area contributed by atoms with Crippen LogP contribution in [0.5, 0.6) is 0 Å². The van der Waals surface area contributed by atoms with Crippen LogP contribution in [0.15, 0.2) is 130 Å². The number of allylic oxidation sites excluding steroid dienone is 21. The van der Waals surface area contributed by atoms with Crippen LogP contribution in [0, 0.1) is 10.8 Å². The van der Waals surface area contributed by atoms with E-state index in [-0.39, 0.29) is 16.4 Å². The molecule has 0 radical (unpaired) electrons. The fourth-order valence-electron chi connectivity index (χ4n) is 6.35. The first-order chi connectivity index (χ1) is 19.2. The maximum absolute atomic E-state index is 6.31. The molecule has 0 unspecified atom stereocenters. The third kappa shape index (κ3) is 8.79. The summed E-state index contributed by atoms with van der Waals surface area (Å²) in [6.45, 7) is 22.4. The minimum absolute atomic E-state index is 0.0790.